The molecule has 0 fully saturated rings. The largest absolute Gasteiger partial charge is 0.298 e. The summed E-state index contributed by atoms with van der Waals surface area (Å²) in [6.45, 7) is 3.00. The molecule has 0 amide bonds. The Morgan fingerprint density at radius 1 is 1.50 bits per heavy atom. The van der Waals surface area contributed by atoms with Gasteiger partial charge in [0.1, 0.15) is 0 Å². The molecule has 0 saturated carbocycles. The minimum Gasteiger partial charge on any atom is -0.258 e. The zero-order valence-corrected chi connectivity index (χ0v) is 9.26. The van der Waals surface area contributed by atoms with E-state index in [1.54, 1.807) is 0 Å². The van der Waals surface area contributed by atoms with Gasteiger partial charge in [0.2, 0.25) is 0 Å². The van der Waals surface area contributed by atoms with Gasteiger partial charge in [-0.2, -0.15) is 0 Å². The quantitative estimate of drug-likeness (QED) is 0.591. The SMILES string of the molecule is CC(C)S(=O)(=O)c1sccc1[N+](=O)[O-]. The minimum atomic E-state index is -3.53. The Balaban J connectivity index is 3.34. The summed E-state index contributed by atoms with van der Waals surface area (Å²) in [4.78, 5) is 9.83. The lowest BCUT2D eigenvalue weighted by atomic mass is 10.5. The molecule has 0 saturated heterocycles. The summed E-state index contributed by atoms with van der Waals surface area (Å²) in [5.41, 5.74) is -0.330. The fraction of sp³-hybridized carbons (Fsp3) is 0.429. The van der Waals surface area contributed by atoms with Crippen molar-refractivity contribution in [1.29, 1.82) is 0 Å². The number of hydrogen-bond acceptors (Lipinski definition) is 5. The third kappa shape index (κ3) is 1.78. The summed E-state index contributed by atoms with van der Waals surface area (Å²) in [5.74, 6) is 0. The monoisotopic (exact) mass is 235 g/mol. The zero-order chi connectivity index (χ0) is 10.9. The van der Waals surface area contributed by atoms with Gasteiger partial charge in [-0.15, -0.1) is 11.3 Å². The molecule has 78 valence electrons. The molecule has 1 aromatic rings. The van der Waals surface area contributed by atoms with Crippen LogP contribution in [0.3, 0.4) is 0 Å². The Labute approximate surface area is 85.4 Å². The molecule has 0 N–H and O–H groups in total. The van der Waals surface area contributed by atoms with Gasteiger partial charge >= 0.3 is 0 Å². The van der Waals surface area contributed by atoms with Crippen LogP contribution in [0, 0.1) is 10.1 Å². The van der Waals surface area contributed by atoms with E-state index in [9.17, 15) is 18.5 Å². The van der Waals surface area contributed by atoms with Gasteiger partial charge in [0.25, 0.3) is 5.69 Å². The number of sulfone groups is 1. The second-order valence-corrected chi connectivity index (χ2v) is 6.56. The fourth-order valence-corrected chi connectivity index (χ4v) is 3.58. The predicted octanol–water partition coefficient (Wildman–Crippen LogP) is 1.84. The average molecular weight is 235 g/mol. The topological polar surface area (TPSA) is 77.3 Å². The molecule has 0 aliphatic carbocycles. The van der Waals surface area contributed by atoms with Gasteiger partial charge in [-0.1, -0.05) is 0 Å². The minimum absolute atomic E-state index is 0.155. The highest BCUT2D eigenvalue weighted by Gasteiger charge is 2.29. The first-order valence-electron chi connectivity index (χ1n) is 3.83. The van der Waals surface area contributed by atoms with Crippen LogP contribution < -0.4 is 0 Å². The summed E-state index contributed by atoms with van der Waals surface area (Å²) >= 11 is 0.884. The highest BCUT2D eigenvalue weighted by atomic mass is 32.2. The van der Waals surface area contributed by atoms with Crippen molar-refractivity contribution in [3.8, 4) is 0 Å². The molecular formula is C7H9NO4S2. The second kappa shape index (κ2) is 3.66. The first kappa shape index (κ1) is 11.1. The number of thiophene rings is 1. The summed E-state index contributed by atoms with van der Waals surface area (Å²) in [7, 11) is -3.53. The number of rotatable bonds is 3. The Morgan fingerprint density at radius 3 is 2.50 bits per heavy atom. The van der Waals surface area contributed by atoms with Crippen molar-refractivity contribution in [2.24, 2.45) is 0 Å². The Kier molecular flexibility index (Phi) is 2.91. The van der Waals surface area contributed by atoms with E-state index in [0.29, 0.717) is 0 Å². The highest BCUT2D eigenvalue weighted by molar-refractivity contribution is 7.94. The lowest BCUT2D eigenvalue weighted by Gasteiger charge is -2.03. The van der Waals surface area contributed by atoms with Crippen molar-refractivity contribution in [1.82, 2.24) is 0 Å². The van der Waals surface area contributed by atoms with Crippen molar-refractivity contribution in [2.45, 2.75) is 23.3 Å². The average Bonchev–Trinajstić information content (AvgIpc) is 2.51. The summed E-state index contributed by atoms with van der Waals surface area (Å²) < 4.78 is 23.1. The molecule has 0 radical (unpaired) electrons. The van der Waals surface area contributed by atoms with E-state index in [0.717, 1.165) is 11.3 Å². The van der Waals surface area contributed by atoms with E-state index in [-0.39, 0.29) is 9.90 Å². The molecule has 1 aromatic heterocycles. The summed E-state index contributed by atoms with van der Waals surface area (Å²) in [6, 6.07) is 1.21. The van der Waals surface area contributed by atoms with Crippen LogP contribution in [0.4, 0.5) is 5.69 Å². The Hall–Kier alpha value is -0.950. The van der Waals surface area contributed by atoms with E-state index in [4.69, 9.17) is 0 Å². The molecule has 7 heteroatoms. The first-order chi connectivity index (χ1) is 6.37. The molecule has 0 unspecified atom stereocenters. The van der Waals surface area contributed by atoms with Crippen molar-refractivity contribution >= 4 is 26.9 Å². The van der Waals surface area contributed by atoms with E-state index < -0.39 is 20.0 Å². The van der Waals surface area contributed by atoms with Crippen LogP contribution in [0.15, 0.2) is 15.7 Å². The lowest BCUT2D eigenvalue weighted by Crippen LogP contribution is -2.13. The molecule has 0 atom stereocenters. The summed E-state index contributed by atoms with van der Waals surface area (Å²) in [6.07, 6.45) is 0. The molecule has 0 spiro atoms. The van der Waals surface area contributed by atoms with Gasteiger partial charge < -0.3 is 0 Å². The maximum atomic E-state index is 11.6. The number of nitrogens with zero attached hydrogens (tertiary/aromatic N) is 1. The molecule has 0 aliphatic heterocycles. The molecule has 5 nitrogen and oxygen atoms in total. The van der Waals surface area contributed by atoms with E-state index in [1.807, 2.05) is 0 Å². The molecule has 0 aromatic carbocycles. The standard InChI is InChI=1S/C7H9NO4S2/c1-5(2)14(11,12)7-6(8(9)10)3-4-13-7/h3-5H,1-2H3. The normalized spacial score (nSPS) is 11.9. The lowest BCUT2D eigenvalue weighted by molar-refractivity contribution is -0.387. The van der Waals surface area contributed by atoms with Gasteiger partial charge in [0, 0.05) is 6.07 Å². The van der Waals surface area contributed by atoms with Gasteiger partial charge in [-0.3, -0.25) is 10.1 Å². The Bertz CT molecular complexity index is 446. The van der Waals surface area contributed by atoms with Crippen LogP contribution in [-0.2, 0) is 9.84 Å². The predicted molar refractivity (Wildman–Crippen MR) is 53.3 cm³/mol. The maximum absolute atomic E-state index is 11.6. The zero-order valence-electron chi connectivity index (χ0n) is 7.63. The van der Waals surface area contributed by atoms with Gasteiger partial charge in [0.15, 0.2) is 14.0 Å². The van der Waals surface area contributed by atoms with Crippen LogP contribution in [0.5, 0.6) is 0 Å². The smallest absolute Gasteiger partial charge is 0.258 e. The van der Waals surface area contributed by atoms with Gasteiger partial charge in [-0.05, 0) is 19.2 Å². The second-order valence-electron chi connectivity index (χ2n) is 2.94. The molecule has 1 heterocycles. The highest BCUT2D eigenvalue weighted by Crippen LogP contribution is 2.31. The first-order valence-corrected chi connectivity index (χ1v) is 6.25. The van der Waals surface area contributed by atoms with Crippen LogP contribution in [0.2, 0.25) is 0 Å². The third-order valence-electron chi connectivity index (χ3n) is 1.69. The van der Waals surface area contributed by atoms with Crippen LogP contribution >= 0.6 is 11.3 Å². The third-order valence-corrected chi connectivity index (χ3v) is 5.33. The molecule has 1 rings (SSSR count). The van der Waals surface area contributed by atoms with Crippen LogP contribution in [-0.4, -0.2) is 18.6 Å². The van der Waals surface area contributed by atoms with Crippen molar-refractivity contribution in [3.63, 3.8) is 0 Å². The van der Waals surface area contributed by atoms with E-state index in [2.05, 4.69) is 0 Å². The van der Waals surface area contributed by atoms with Crippen molar-refractivity contribution < 1.29 is 13.3 Å². The van der Waals surface area contributed by atoms with Crippen molar-refractivity contribution in [2.75, 3.05) is 0 Å². The molecular weight excluding hydrogens is 226 g/mol. The van der Waals surface area contributed by atoms with E-state index in [1.165, 1.54) is 25.3 Å². The Morgan fingerprint density at radius 2 is 2.07 bits per heavy atom. The van der Waals surface area contributed by atoms with E-state index >= 15 is 0 Å². The van der Waals surface area contributed by atoms with Crippen LogP contribution in [0.25, 0.3) is 0 Å². The van der Waals surface area contributed by atoms with Gasteiger partial charge in [0.05, 0.1) is 10.2 Å². The maximum Gasteiger partial charge on any atom is 0.298 e. The molecule has 14 heavy (non-hydrogen) atoms. The fourth-order valence-electron chi connectivity index (χ4n) is 0.851. The van der Waals surface area contributed by atoms with Crippen LogP contribution in [0.1, 0.15) is 13.8 Å². The molecule has 0 aliphatic rings. The number of nitro groups is 1. The van der Waals surface area contributed by atoms with Gasteiger partial charge in [-0.25, -0.2) is 8.42 Å². The number of hydrogen-bond donors (Lipinski definition) is 0. The summed E-state index contributed by atoms with van der Waals surface area (Å²) in [5, 5.41) is 11.3. The molecule has 0 bridgehead atoms. The van der Waals surface area contributed by atoms with Crippen molar-refractivity contribution in [3.05, 3.63) is 21.6 Å².